The zero-order chi connectivity index (χ0) is 15.4. The van der Waals surface area contributed by atoms with Gasteiger partial charge in [-0.2, -0.15) is 0 Å². The van der Waals surface area contributed by atoms with Crippen molar-refractivity contribution in [3.8, 4) is 0 Å². The molecule has 1 aromatic carbocycles. The van der Waals surface area contributed by atoms with Crippen molar-refractivity contribution in [2.45, 2.75) is 38.8 Å². The fourth-order valence-corrected chi connectivity index (χ4v) is 2.57. The van der Waals surface area contributed by atoms with E-state index in [-0.39, 0.29) is 11.8 Å². The quantitative estimate of drug-likeness (QED) is 0.857. The lowest BCUT2D eigenvalue weighted by molar-refractivity contribution is -0.127. The van der Waals surface area contributed by atoms with Gasteiger partial charge in [0.25, 0.3) is 0 Å². The second-order valence-electron chi connectivity index (χ2n) is 5.91. The van der Waals surface area contributed by atoms with Gasteiger partial charge in [-0.05, 0) is 30.9 Å². The Labute approximate surface area is 125 Å². The predicted molar refractivity (Wildman–Crippen MR) is 82.8 cm³/mol. The van der Waals surface area contributed by atoms with Gasteiger partial charge in [-0.15, -0.1) is 0 Å². The van der Waals surface area contributed by atoms with Crippen LogP contribution in [0.4, 0.5) is 5.69 Å². The molecule has 3 N–H and O–H groups in total. The van der Waals surface area contributed by atoms with Crippen LogP contribution in [0.2, 0.25) is 0 Å². The van der Waals surface area contributed by atoms with Gasteiger partial charge in [0, 0.05) is 12.2 Å². The number of nitrogens with one attached hydrogen (secondary N) is 1. The Bertz CT molecular complexity index is 502. The molecule has 2 atom stereocenters. The van der Waals surface area contributed by atoms with Crippen LogP contribution in [0, 0.1) is 5.92 Å². The first-order valence-corrected chi connectivity index (χ1v) is 7.41. The van der Waals surface area contributed by atoms with Gasteiger partial charge in [-0.3, -0.25) is 9.59 Å². The molecule has 1 saturated heterocycles. The highest BCUT2D eigenvalue weighted by Gasteiger charge is 2.34. The fraction of sp³-hybridized carbons (Fsp3) is 0.500. The summed E-state index contributed by atoms with van der Waals surface area (Å²) >= 11 is 0. The molecule has 21 heavy (non-hydrogen) atoms. The number of nitrogens with two attached hydrogens (primary N) is 1. The topological polar surface area (TPSA) is 75.4 Å². The van der Waals surface area contributed by atoms with Crippen molar-refractivity contribution >= 4 is 17.5 Å². The van der Waals surface area contributed by atoms with Crippen molar-refractivity contribution in [1.82, 2.24) is 5.32 Å². The van der Waals surface area contributed by atoms with Gasteiger partial charge in [0.1, 0.15) is 6.04 Å². The van der Waals surface area contributed by atoms with Crippen LogP contribution in [-0.4, -0.2) is 30.4 Å². The maximum Gasteiger partial charge on any atom is 0.249 e. The summed E-state index contributed by atoms with van der Waals surface area (Å²) in [6, 6.07) is 8.48. The van der Waals surface area contributed by atoms with Gasteiger partial charge in [0.15, 0.2) is 0 Å². The van der Waals surface area contributed by atoms with Gasteiger partial charge in [0.2, 0.25) is 11.8 Å². The summed E-state index contributed by atoms with van der Waals surface area (Å²) in [6.07, 6.45) is 1.24. The van der Waals surface area contributed by atoms with Crippen molar-refractivity contribution < 1.29 is 9.59 Å². The van der Waals surface area contributed by atoms with E-state index >= 15 is 0 Å². The van der Waals surface area contributed by atoms with E-state index in [2.05, 4.69) is 5.32 Å². The Morgan fingerprint density at radius 2 is 2.05 bits per heavy atom. The van der Waals surface area contributed by atoms with Crippen LogP contribution in [0.5, 0.6) is 0 Å². The molecule has 0 bridgehead atoms. The van der Waals surface area contributed by atoms with Gasteiger partial charge >= 0.3 is 0 Å². The van der Waals surface area contributed by atoms with E-state index in [1.807, 2.05) is 44.2 Å². The normalized spacial score (nSPS) is 19.9. The van der Waals surface area contributed by atoms with E-state index < -0.39 is 12.1 Å². The molecular weight excluding hydrogens is 266 g/mol. The summed E-state index contributed by atoms with van der Waals surface area (Å²) in [5, 5.41) is 2.78. The Balaban J connectivity index is 1.95. The number of anilines is 1. The molecule has 114 valence electrons. The third-order valence-corrected chi connectivity index (χ3v) is 3.65. The average Bonchev–Trinajstić information content (AvgIpc) is 2.80. The molecule has 0 aliphatic carbocycles. The molecule has 1 heterocycles. The number of para-hydroxylation sites is 1. The molecule has 2 amide bonds. The number of amides is 2. The van der Waals surface area contributed by atoms with Crippen molar-refractivity contribution in [2.24, 2.45) is 11.7 Å². The molecule has 1 aromatic rings. The maximum atomic E-state index is 12.4. The second-order valence-corrected chi connectivity index (χ2v) is 5.91. The standard InChI is InChI=1S/C16H23N3O2/c1-11(2)10-13(17)15(20)18-14-8-9-19(16(14)21)12-6-4-3-5-7-12/h3-7,11,13-14H,8-10,17H2,1-2H3,(H,18,20)/t13-,14?/m0/s1. The molecule has 1 unspecified atom stereocenters. The molecule has 1 aliphatic heterocycles. The first-order chi connectivity index (χ1) is 9.99. The van der Waals surface area contributed by atoms with Crippen LogP contribution in [0.15, 0.2) is 30.3 Å². The van der Waals surface area contributed by atoms with Crippen molar-refractivity contribution in [2.75, 3.05) is 11.4 Å². The third kappa shape index (κ3) is 3.82. The van der Waals surface area contributed by atoms with Crippen LogP contribution < -0.4 is 16.0 Å². The van der Waals surface area contributed by atoms with Crippen LogP contribution >= 0.6 is 0 Å². The lowest BCUT2D eigenvalue weighted by Crippen LogP contribution is -2.48. The molecule has 0 spiro atoms. The molecule has 0 saturated carbocycles. The van der Waals surface area contributed by atoms with E-state index in [1.165, 1.54) is 0 Å². The zero-order valence-corrected chi connectivity index (χ0v) is 12.6. The second kappa shape index (κ2) is 6.72. The van der Waals surface area contributed by atoms with Crippen LogP contribution in [0.25, 0.3) is 0 Å². The number of hydrogen-bond acceptors (Lipinski definition) is 3. The number of benzene rings is 1. The summed E-state index contributed by atoms with van der Waals surface area (Å²) < 4.78 is 0. The van der Waals surface area contributed by atoms with E-state index in [4.69, 9.17) is 5.73 Å². The van der Waals surface area contributed by atoms with E-state index in [9.17, 15) is 9.59 Å². The Morgan fingerprint density at radius 3 is 2.67 bits per heavy atom. The smallest absolute Gasteiger partial charge is 0.249 e. The summed E-state index contributed by atoms with van der Waals surface area (Å²) in [6.45, 7) is 4.66. The number of rotatable bonds is 5. The van der Waals surface area contributed by atoms with Crippen molar-refractivity contribution in [3.05, 3.63) is 30.3 Å². The molecule has 2 rings (SSSR count). The highest BCUT2D eigenvalue weighted by atomic mass is 16.2. The Kier molecular flexibility index (Phi) is 4.96. The van der Waals surface area contributed by atoms with Crippen molar-refractivity contribution in [1.29, 1.82) is 0 Å². The SMILES string of the molecule is CC(C)C[C@H](N)C(=O)NC1CCN(c2ccccc2)C1=O. The average molecular weight is 289 g/mol. The highest BCUT2D eigenvalue weighted by molar-refractivity contribution is 6.01. The van der Waals surface area contributed by atoms with Crippen LogP contribution in [0.1, 0.15) is 26.7 Å². The lowest BCUT2D eigenvalue weighted by atomic mass is 10.0. The molecule has 5 heteroatoms. The summed E-state index contributed by atoms with van der Waals surface area (Å²) in [4.78, 5) is 26.1. The Hall–Kier alpha value is -1.88. The molecule has 1 fully saturated rings. The summed E-state index contributed by atoms with van der Waals surface area (Å²) in [7, 11) is 0. The summed E-state index contributed by atoms with van der Waals surface area (Å²) in [5.74, 6) is 0.0501. The molecule has 0 radical (unpaired) electrons. The maximum absolute atomic E-state index is 12.4. The van der Waals surface area contributed by atoms with Gasteiger partial charge < -0.3 is 16.0 Å². The molecule has 1 aliphatic rings. The van der Waals surface area contributed by atoms with Crippen molar-refractivity contribution in [3.63, 3.8) is 0 Å². The van der Waals surface area contributed by atoms with Crippen LogP contribution in [-0.2, 0) is 9.59 Å². The fourth-order valence-electron chi connectivity index (χ4n) is 2.57. The molecular formula is C16H23N3O2. The Morgan fingerprint density at radius 1 is 1.38 bits per heavy atom. The number of carbonyl (C=O) groups excluding carboxylic acids is 2. The van der Waals surface area contributed by atoms with E-state index in [0.717, 1.165) is 5.69 Å². The first kappa shape index (κ1) is 15.5. The monoisotopic (exact) mass is 289 g/mol. The lowest BCUT2D eigenvalue weighted by Gasteiger charge is -2.19. The summed E-state index contributed by atoms with van der Waals surface area (Å²) in [5.41, 5.74) is 6.72. The predicted octanol–water partition coefficient (Wildman–Crippen LogP) is 1.28. The van der Waals surface area contributed by atoms with E-state index in [1.54, 1.807) is 4.90 Å². The number of hydrogen-bond donors (Lipinski definition) is 2. The third-order valence-electron chi connectivity index (χ3n) is 3.65. The number of nitrogens with zero attached hydrogens (tertiary/aromatic N) is 1. The minimum atomic E-state index is -0.552. The van der Waals surface area contributed by atoms with E-state index in [0.29, 0.717) is 25.3 Å². The first-order valence-electron chi connectivity index (χ1n) is 7.41. The van der Waals surface area contributed by atoms with Gasteiger partial charge in [0.05, 0.1) is 6.04 Å². The minimum Gasteiger partial charge on any atom is -0.343 e. The number of carbonyl (C=O) groups is 2. The highest BCUT2D eigenvalue weighted by Crippen LogP contribution is 2.21. The molecule has 5 nitrogen and oxygen atoms in total. The van der Waals surface area contributed by atoms with Crippen LogP contribution in [0.3, 0.4) is 0 Å². The van der Waals surface area contributed by atoms with Gasteiger partial charge in [-0.25, -0.2) is 0 Å². The molecule has 0 aromatic heterocycles. The zero-order valence-electron chi connectivity index (χ0n) is 12.6. The van der Waals surface area contributed by atoms with Gasteiger partial charge in [-0.1, -0.05) is 32.0 Å². The largest absolute Gasteiger partial charge is 0.343 e. The minimum absolute atomic E-state index is 0.0636.